The van der Waals surface area contributed by atoms with Crippen molar-refractivity contribution in [3.63, 3.8) is 0 Å². The van der Waals surface area contributed by atoms with Crippen molar-refractivity contribution in [1.29, 1.82) is 0 Å². The molecule has 3 aromatic rings. The summed E-state index contributed by atoms with van der Waals surface area (Å²) in [4.78, 5) is 24.4. The smallest absolute Gasteiger partial charge is 0.326 e. The number of hydrogen-bond donors (Lipinski definition) is 2. The molecule has 0 atom stereocenters. The minimum absolute atomic E-state index is 0.189. The number of amides is 3. The van der Waals surface area contributed by atoms with Gasteiger partial charge in [-0.3, -0.25) is 10.1 Å². The standard InChI is InChI=1S/C22H14BrCl2F3N2O3/c1-9-5-16(10(2)19(25)20(9)33-17-4-3-11(24)6-13(17)23)29-22(32)30-21(31)18-14(27)7-12(26)8-15(18)28/h3-8H,1-2H3,(H2,29,30,31,32). The third-order valence-corrected chi connectivity index (χ3v) is 5.78. The van der Waals surface area contributed by atoms with Gasteiger partial charge in [0.2, 0.25) is 0 Å². The van der Waals surface area contributed by atoms with Crippen LogP contribution >= 0.6 is 39.1 Å². The number of nitrogens with one attached hydrogen (secondary N) is 2. The predicted octanol–water partition coefficient (Wildman–Crippen LogP) is 7.54. The summed E-state index contributed by atoms with van der Waals surface area (Å²) in [5.74, 6) is -4.67. The van der Waals surface area contributed by atoms with Crippen LogP contribution in [-0.2, 0) is 0 Å². The van der Waals surface area contributed by atoms with Crippen LogP contribution in [0.15, 0.2) is 40.9 Å². The number of urea groups is 1. The Morgan fingerprint density at radius 3 is 2.24 bits per heavy atom. The normalized spacial score (nSPS) is 10.7. The molecule has 0 unspecified atom stereocenters. The van der Waals surface area contributed by atoms with Gasteiger partial charge in [0.15, 0.2) is 0 Å². The number of benzene rings is 3. The lowest BCUT2D eigenvalue weighted by Gasteiger charge is -2.17. The van der Waals surface area contributed by atoms with Gasteiger partial charge in [-0.25, -0.2) is 18.0 Å². The highest BCUT2D eigenvalue weighted by Gasteiger charge is 2.22. The molecule has 0 fully saturated rings. The van der Waals surface area contributed by atoms with Crippen molar-refractivity contribution in [1.82, 2.24) is 5.32 Å². The molecule has 11 heteroatoms. The van der Waals surface area contributed by atoms with Crippen molar-refractivity contribution in [2.45, 2.75) is 13.8 Å². The molecule has 0 saturated carbocycles. The topological polar surface area (TPSA) is 67.4 Å². The van der Waals surface area contributed by atoms with Gasteiger partial charge in [0.05, 0.1) is 9.50 Å². The van der Waals surface area contributed by atoms with Crippen molar-refractivity contribution in [3.8, 4) is 11.5 Å². The highest BCUT2D eigenvalue weighted by molar-refractivity contribution is 9.10. The van der Waals surface area contributed by atoms with E-state index in [0.717, 1.165) is 0 Å². The Morgan fingerprint density at radius 1 is 1.00 bits per heavy atom. The summed E-state index contributed by atoms with van der Waals surface area (Å²) in [5, 5.41) is 4.89. The molecule has 0 spiro atoms. The monoisotopic (exact) mass is 560 g/mol. The molecule has 0 radical (unpaired) electrons. The Balaban J connectivity index is 1.80. The van der Waals surface area contributed by atoms with Gasteiger partial charge in [-0.15, -0.1) is 0 Å². The number of ether oxygens (including phenoxy) is 1. The minimum atomic E-state index is -1.44. The van der Waals surface area contributed by atoms with Crippen LogP contribution in [0.25, 0.3) is 0 Å². The van der Waals surface area contributed by atoms with Gasteiger partial charge in [0, 0.05) is 22.8 Å². The Morgan fingerprint density at radius 2 is 1.64 bits per heavy atom. The van der Waals surface area contributed by atoms with E-state index in [1.165, 1.54) is 0 Å². The Hall–Kier alpha value is -2.75. The van der Waals surface area contributed by atoms with E-state index in [1.807, 2.05) is 0 Å². The average Bonchev–Trinajstić information content (AvgIpc) is 2.69. The molecular formula is C22H14BrCl2F3N2O3. The molecule has 0 heterocycles. The van der Waals surface area contributed by atoms with Crippen LogP contribution in [0.2, 0.25) is 10.0 Å². The summed E-state index contributed by atoms with van der Waals surface area (Å²) in [6.45, 7) is 3.28. The molecule has 0 aliphatic carbocycles. The van der Waals surface area contributed by atoms with Crippen LogP contribution in [0, 0.1) is 31.3 Å². The van der Waals surface area contributed by atoms with E-state index in [4.69, 9.17) is 27.9 Å². The van der Waals surface area contributed by atoms with Crippen LogP contribution < -0.4 is 15.4 Å². The molecule has 0 aliphatic rings. The fourth-order valence-electron chi connectivity index (χ4n) is 2.85. The van der Waals surface area contributed by atoms with Gasteiger partial charge < -0.3 is 10.1 Å². The largest absolute Gasteiger partial charge is 0.454 e. The second-order valence-corrected chi connectivity index (χ2v) is 8.51. The summed E-state index contributed by atoms with van der Waals surface area (Å²) >= 11 is 15.7. The fourth-order valence-corrected chi connectivity index (χ4v) is 3.91. The van der Waals surface area contributed by atoms with E-state index in [0.29, 0.717) is 44.3 Å². The van der Waals surface area contributed by atoms with Crippen molar-refractivity contribution in [3.05, 3.63) is 85.1 Å². The van der Waals surface area contributed by atoms with E-state index >= 15 is 0 Å². The first-order valence-corrected chi connectivity index (χ1v) is 10.7. The first-order valence-electron chi connectivity index (χ1n) is 9.17. The molecule has 3 aromatic carbocycles. The van der Waals surface area contributed by atoms with Gasteiger partial charge in [0.25, 0.3) is 5.91 Å². The van der Waals surface area contributed by atoms with E-state index in [1.54, 1.807) is 43.4 Å². The molecule has 3 rings (SSSR count). The first-order chi connectivity index (χ1) is 15.5. The molecule has 0 saturated heterocycles. The van der Waals surface area contributed by atoms with E-state index in [2.05, 4.69) is 21.2 Å². The molecule has 0 bridgehead atoms. The zero-order valence-corrected chi connectivity index (χ0v) is 20.1. The summed E-state index contributed by atoms with van der Waals surface area (Å²) in [7, 11) is 0. The van der Waals surface area contributed by atoms with Crippen LogP contribution in [0.4, 0.5) is 23.7 Å². The molecule has 0 aliphatic heterocycles. The lowest BCUT2D eigenvalue weighted by molar-refractivity contribution is 0.0958. The Labute approximate surface area is 205 Å². The number of carbonyl (C=O) groups is 2. The quantitative estimate of drug-likeness (QED) is 0.345. The Kier molecular flexibility index (Phi) is 7.56. The second-order valence-electron chi connectivity index (χ2n) is 6.84. The maximum Gasteiger partial charge on any atom is 0.326 e. The summed E-state index contributed by atoms with van der Waals surface area (Å²) in [6.07, 6.45) is 0. The highest BCUT2D eigenvalue weighted by atomic mass is 79.9. The van der Waals surface area contributed by atoms with Gasteiger partial charge in [0.1, 0.15) is 34.5 Å². The molecule has 5 nitrogen and oxygen atoms in total. The van der Waals surface area contributed by atoms with Gasteiger partial charge >= 0.3 is 6.03 Å². The number of imide groups is 1. The lowest BCUT2D eigenvalue weighted by atomic mass is 10.1. The van der Waals surface area contributed by atoms with Gasteiger partial charge in [-0.05, 0) is 65.2 Å². The van der Waals surface area contributed by atoms with Crippen molar-refractivity contribution in [2.24, 2.45) is 0 Å². The lowest BCUT2D eigenvalue weighted by Crippen LogP contribution is -2.35. The number of halogens is 6. The summed E-state index contributed by atoms with van der Waals surface area (Å²) in [6, 6.07) is 6.08. The zero-order valence-electron chi connectivity index (χ0n) is 17.0. The van der Waals surface area contributed by atoms with Crippen molar-refractivity contribution < 1.29 is 27.5 Å². The second kappa shape index (κ2) is 10.0. The fraction of sp³-hybridized carbons (Fsp3) is 0.0909. The van der Waals surface area contributed by atoms with Gasteiger partial charge in [-0.2, -0.15) is 0 Å². The number of carbonyl (C=O) groups excluding carboxylic acids is 2. The number of aryl methyl sites for hydroxylation is 1. The van der Waals surface area contributed by atoms with E-state index in [9.17, 15) is 22.8 Å². The molecule has 33 heavy (non-hydrogen) atoms. The number of hydrogen-bond acceptors (Lipinski definition) is 3. The third kappa shape index (κ3) is 5.61. The van der Waals surface area contributed by atoms with Crippen LogP contribution in [-0.4, -0.2) is 11.9 Å². The molecular weight excluding hydrogens is 548 g/mol. The van der Waals surface area contributed by atoms with Crippen LogP contribution in [0.1, 0.15) is 21.5 Å². The summed E-state index contributed by atoms with van der Waals surface area (Å²) in [5.41, 5.74) is 0.0916. The SMILES string of the molecule is Cc1cc(NC(=O)NC(=O)c2c(F)cc(F)cc2F)c(C)c(Cl)c1Oc1ccc(Cl)cc1Br. The van der Waals surface area contributed by atoms with Crippen LogP contribution in [0.5, 0.6) is 11.5 Å². The number of anilines is 1. The maximum absolute atomic E-state index is 13.8. The average molecular weight is 562 g/mol. The molecule has 2 N–H and O–H groups in total. The van der Waals surface area contributed by atoms with Crippen molar-refractivity contribution >= 4 is 56.8 Å². The first kappa shape index (κ1) is 24.9. The highest BCUT2D eigenvalue weighted by Crippen LogP contribution is 2.41. The van der Waals surface area contributed by atoms with E-state index in [-0.39, 0.29) is 10.7 Å². The third-order valence-electron chi connectivity index (χ3n) is 4.47. The Bertz CT molecular complexity index is 1270. The van der Waals surface area contributed by atoms with Crippen molar-refractivity contribution in [2.75, 3.05) is 5.32 Å². The van der Waals surface area contributed by atoms with E-state index < -0.39 is 35.0 Å². The molecule has 0 aromatic heterocycles. The zero-order chi connectivity index (χ0) is 24.4. The minimum Gasteiger partial charge on any atom is -0.454 e. The molecule has 172 valence electrons. The summed E-state index contributed by atoms with van der Waals surface area (Å²) < 4.78 is 47.1. The molecule has 3 amide bonds. The van der Waals surface area contributed by atoms with Crippen LogP contribution in [0.3, 0.4) is 0 Å². The number of rotatable bonds is 4. The maximum atomic E-state index is 13.8. The van der Waals surface area contributed by atoms with Gasteiger partial charge in [-0.1, -0.05) is 23.2 Å². The predicted molar refractivity (Wildman–Crippen MR) is 123 cm³/mol.